The minimum absolute atomic E-state index is 0.706. The van der Waals surface area contributed by atoms with Gasteiger partial charge in [0.2, 0.25) is 0 Å². The van der Waals surface area contributed by atoms with Gasteiger partial charge in [0.15, 0.2) is 0 Å². The molecule has 1 nitrogen and oxygen atoms in total. The predicted molar refractivity (Wildman–Crippen MR) is 72.4 cm³/mol. The Labute approximate surface area is 102 Å². The van der Waals surface area contributed by atoms with Crippen molar-refractivity contribution in [3.05, 3.63) is 27.8 Å². The molecule has 2 rings (SSSR count). The fraction of sp³-hybridized carbons (Fsp3) is 0.500. The Bertz CT molecular complexity index is 523. The summed E-state index contributed by atoms with van der Waals surface area (Å²) in [5, 5.41) is 1.40. The standard InChI is InChI=1S/C14H19NS/c1-8(2)6-12-11(5)16-14-13(12)9(3)7-10(4)15-14/h7-8H,6H2,1-5H3. The van der Waals surface area contributed by atoms with Gasteiger partial charge in [-0.2, -0.15) is 0 Å². The number of rotatable bonds is 2. The summed E-state index contributed by atoms with van der Waals surface area (Å²) in [6.07, 6.45) is 1.16. The summed E-state index contributed by atoms with van der Waals surface area (Å²) in [6.45, 7) is 11.1. The van der Waals surface area contributed by atoms with Gasteiger partial charge in [0.25, 0.3) is 0 Å². The third kappa shape index (κ3) is 1.99. The molecular weight excluding hydrogens is 214 g/mol. The Morgan fingerprint density at radius 3 is 2.56 bits per heavy atom. The Balaban J connectivity index is 2.68. The first-order valence-corrected chi connectivity index (χ1v) is 6.67. The fourth-order valence-corrected chi connectivity index (χ4v) is 3.45. The molecule has 0 aliphatic carbocycles. The van der Waals surface area contributed by atoms with E-state index in [9.17, 15) is 0 Å². The third-order valence-corrected chi connectivity index (χ3v) is 3.94. The van der Waals surface area contributed by atoms with Gasteiger partial charge in [-0.25, -0.2) is 4.98 Å². The van der Waals surface area contributed by atoms with Crippen LogP contribution < -0.4 is 0 Å². The number of nitrogens with zero attached hydrogens (tertiary/aromatic N) is 1. The lowest BCUT2D eigenvalue weighted by atomic mass is 9.99. The lowest BCUT2D eigenvalue weighted by Gasteiger charge is -2.07. The van der Waals surface area contributed by atoms with E-state index in [4.69, 9.17) is 0 Å². The van der Waals surface area contributed by atoms with Gasteiger partial charge in [-0.15, -0.1) is 11.3 Å². The van der Waals surface area contributed by atoms with E-state index in [1.165, 1.54) is 26.2 Å². The number of aromatic nitrogens is 1. The average molecular weight is 233 g/mol. The van der Waals surface area contributed by atoms with Crippen molar-refractivity contribution >= 4 is 21.6 Å². The van der Waals surface area contributed by atoms with E-state index in [0.29, 0.717) is 5.92 Å². The second kappa shape index (κ2) is 4.17. The molecule has 2 aromatic rings. The molecule has 0 fully saturated rings. The van der Waals surface area contributed by atoms with Crippen molar-refractivity contribution in [2.45, 2.75) is 41.0 Å². The smallest absolute Gasteiger partial charge is 0.124 e. The molecule has 0 atom stereocenters. The molecule has 86 valence electrons. The number of pyridine rings is 1. The summed E-state index contributed by atoms with van der Waals surface area (Å²) in [7, 11) is 0. The van der Waals surface area contributed by atoms with Crippen molar-refractivity contribution in [2.75, 3.05) is 0 Å². The number of fused-ring (bicyclic) bond motifs is 1. The zero-order valence-corrected chi connectivity index (χ0v) is 11.5. The van der Waals surface area contributed by atoms with Crippen LogP contribution in [0.4, 0.5) is 0 Å². The second-order valence-corrected chi connectivity index (χ2v) is 6.20. The van der Waals surface area contributed by atoms with Gasteiger partial charge in [-0.1, -0.05) is 13.8 Å². The highest BCUT2D eigenvalue weighted by atomic mass is 32.1. The third-order valence-electron chi connectivity index (χ3n) is 2.90. The number of hydrogen-bond acceptors (Lipinski definition) is 2. The molecule has 0 bridgehead atoms. The second-order valence-electron chi connectivity index (χ2n) is 5.00. The van der Waals surface area contributed by atoms with Crippen molar-refractivity contribution < 1.29 is 0 Å². The molecular formula is C14H19NS. The van der Waals surface area contributed by atoms with Gasteiger partial charge in [-0.05, 0) is 50.3 Å². The molecule has 0 unspecified atom stereocenters. The van der Waals surface area contributed by atoms with Crippen molar-refractivity contribution in [1.29, 1.82) is 0 Å². The number of aryl methyl sites for hydroxylation is 3. The zero-order chi connectivity index (χ0) is 11.9. The molecule has 0 spiro atoms. The minimum atomic E-state index is 0.706. The molecule has 0 aliphatic rings. The van der Waals surface area contributed by atoms with Gasteiger partial charge < -0.3 is 0 Å². The van der Waals surface area contributed by atoms with Gasteiger partial charge in [0.05, 0.1) is 0 Å². The molecule has 0 amide bonds. The Morgan fingerprint density at radius 1 is 1.25 bits per heavy atom. The molecule has 0 N–H and O–H groups in total. The molecule has 0 aromatic carbocycles. The molecule has 0 aliphatic heterocycles. The van der Waals surface area contributed by atoms with Crippen molar-refractivity contribution in [2.24, 2.45) is 5.92 Å². The summed E-state index contributed by atoms with van der Waals surface area (Å²) in [6, 6.07) is 2.19. The first-order chi connectivity index (χ1) is 7.49. The highest BCUT2D eigenvalue weighted by Crippen LogP contribution is 2.33. The van der Waals surface area contributed by atoms with E-state index in [1.807, 2.05) is 11.3 Å². The van der Waals surface area contributed by atoms with Crippen LogP contribution in [0.15, 0.2) is 6.07 Å². The van der Waals surface area contributed by atoms with Crippen LogP contribution in [0.3, 0.4) is 0 Å². The van der Waals surface area contributed by atoms with Crippen LogP contribution in [0.2, 0.25) is 0 Å². The van der Waals surface area contributed by atoms with Crippen molar-refractivity contribution in [1.82, 2.24) is 4.98 Å². The van der Waals surface area contributed by atoms with Crippen LogP contribution in [-0.2, 0) is 6.42 Å². The normalized spacial score (nSPS) is 11.6. The predicted octanol–water partition coefficient (Wildman–Crippen LogP) is 4.42. The Morgan fingerprint density at radius 2 is 1.94 bits per heavy atom. The lowest BCUT2D eigenvalue weighted by molar-refractivity contribution is 0.649. The van der Waals surface area contributed by atoms with E-state index in [1.54, 1.807) is 0 Å². The van der Waals surface area contributed by atoms with E-state index in [2.05, 4.69) is 45.7 Å². The largest absolute Gasteiger partial charge is 0.242 e. The summed E-state index contributed by atoms with van der Waals surface area (Å²) in [4.78, 5) is 7.29. The van der Waals surface area contributed by atoms with Gasteiger partial charge in [0.1, 0.15) is 4.83 Å². The average Bonchev–Trinajstić information content (AvgIpc) is 2.41. The number of hydrogen-bond donors (Lipinski definition) is 0. The number of thiophene rings is 1. The van der Waals surface area contributed by atoms with E-state index >= 15 is 0 Å². The molecule has 0 saturated heterocycles. The minimum Gasteiger partial charge on any atom is -0.242 e. The van der Waals surface area contributed by atoms with Crippen LogP contribution in [0.5, 0.6) is 0 Å². The SMILES string of the molecule is Cc1cc(C)c2c(CC(C)C)c(C)sc2n1. The first-order valence-electron chi connectivity index (χ1n) is 5.85. The highest BCUT2D eigenvalue weighted by Gasteiger charge is 2.13. The molecule has 2 heterocycles. The van der Waals surface area contributed by atoms with Crippen LogP contribution in [0, 0.1) is 26.7 Å². The van der Waals surface area contributed by atoms with E-state index in [0.717, 1.165) is 12.1 Å². The van der Waals surface area contributed by atoms with Gasteiger partial charge in [-0.3, -0.25) is 0 Å². The topological polar surface area (TPSA) is 12.9 Å². The summed E-state index contributed by atoms with van der Waals surface area (Å²) < 4.78 is 0. The van der Waals surface area contributed by atoms with Crippen LogP contribution in [-0.4, -0.2) is 4.98 Å². The Kier molecular flexibility index (Phi) is 3.02. The molecule has 2 aromatic heterocycles. The maximum atomic E-state index is 4.64. The molecule has 0 radical (unpaired) electrons. The van der Waals surface area contributed by atoms with Crippen LogP contribution >= 0.6 is 11.3 Å². The zero-order valence-electron chi connectivity index (χ0n) is 10.7. The molecule has 16 heavy (non-hydrogen) atoms. The van der Waals surface area contributed by atoms with E-state index < -0.39 is 0 Å². The van der Waals surface area contributed by atoms with E-state index in [-0.39, 0.29) is 0 Å². The van der Waals surface area contributed by atoms with Crippen LogP contribution in [0.25, 0.3) is 10.2 Å². The monoisotopic (exact) mass is 233 g/mol. The maximum absolute atomic E-state index is 4.64. The molecule has 2 heteroatoms. The Hall–Kier alpha value is -0.890. The highest BCUT2D eigenvalue weighted by molar-refractivity contribution is 7.18. The summed E-state index contributed by atoms with van der Waals surface area (Å²) >= 11 is 1.84. The van der Waals surface area contributed by atoms with Crippen LogP contribution in [0.1, 0.15) is 35.5 Å². The van der Waals surface area contributed by atoms with Gasteiger partial charge >= 0.3 is 0 Å². The summed E-state index contributed by atoms with van der Waals surface area (Å²) in [5.41, 5.74) is 4.02. The first kappa shape index (κ1) is 11.6. The van der Waals surface area contributed by atoms with Gasteiger partial charge in [0, 0.05) is 16.0 Å². The lowest BCUT2D eigenvalue weighted by Crippen LogP contribution is -1.96. The summed E-state index contributed by atoms with van der Waals surface area (Å²) in [5.74, 6) is 0.706. The maximum Gasteiger partial charge on any atom is 0.124 e. The fourth-order valence-electron chi connectivity index (χ4n) is 2.28. The van der Waals surface area contributed by atoms with Crippen molar-refractivity contribution in [3.8, 4) is 0 Å². The van der Waals surface area contributed by atoms with Crippen molar-refractivity contribution in [3.63, 3.8) is 0 Å². The molecule has 0 saturated carbocycles. The quantitative estimate of drug-likeness (QED) is 0.748.